The predicted octanol–water partition coefficient (Wildman–Crippen LogP) is 1.56. The highest BCUT2D eigenvalue weighted by atomic mass is 32.2. The maximum absolute atomic E-state index is 12.8. The zero-order valence-corrected chi connectivity index (χ0v) is 17.2. The van der Waals surface area contributed by atoms with Crippen molar-refractivity contribution in [1.82, 2.24) is 19.9 Å². The Morgan fingerprint density at radius 3 is 2.66 bits per heavy atom. The lowest BCUT2D eigenvalue weighted by molar-refractivity contribution is 0.479. The number of aromatic nitrogens is 3. The predicted molar refractivity (Wildman–Crippen MR) is 113 cm³/mol. The van der Waals surface area contributed by atoms with Crippen molar-refractivity contribution >= 4 is 26.6 Å². The normalized spacial score (nSPS) is 17.4. The average molecular weight is 414 g/mol. The number of hydrogen-bond donors (Lipinski definition) is 2. The van der Waals surface area contributed by atoms with Crippen LogP contribution in [0, 0.1) is 0 Å². The number of aryl methyl sites for hydroxylation is 1. The maximum atomic E-state index is 12.8. The van der Waals surface area contributed by atoms with Gasteiger partial charge in [0, 0.05) is 31.5 Å². The molecule has 1 aliphatic rings. The van der Waals surface area contributed by atoms with E-state index in [4.69, 9.17) is 4.98 Å². The smallest absolute Gasteiger partial charge is 0.264 e. The van der Waals surface area contributed by atoms with E-state index >= 15 is 0 Å². The van der Waals surface area contributed by atoms with Gasteiger partial charge in [-0.1, -0.05) is 12.1 Å². The van der Waals surface area contributed by atoms with Crippen molar-refractivity contribution in [2.75, 3.05) is 24.7 Å². The largest absolute Gasteiger partial charge is 0.365 e. The Hall–Kier alpha value is -2.78. The van der Waals surface area contributed by atoms with Crippen LogP contribution >= 0.6 is 0 Å². The molecular formula is C20H23N5O3S. The van der Waals surface area contributed by atoms with Gasteiger partial charge in [0.15, 0.2) is 9.84 Å². The molecule has 9 heteroatoms. The lowest BCUT2D eigenvalue weighted by Crippen LogP contribution is -2.39. The van der Waals surface area contributed by atoms with Gasteiger partial charge in [0.25, 0.3) is 5.56 Å². The molecule has 2 N–H and O–H groups in total. The molecule has 0 bridgehead atoms. The summed E-state index contributed by atoms with van der Waals surface area (Å²) < 4.78 is 24.9. The van der Waals surface area contributed by atoms with Gasteiger partial charge in [-0.2, -0.15) is 0 Å². The summed E-state index contributed by atoms with van der Waals surface area (Å²) in [4.78, 5) is 22.1. The fourth-order valence-corrected chi connectivity index (χ4v) is 4.15. The molecule has 4 rings (SSSR count). The van der Waals surface area contributed by atoms with E-state index in [1.165, 1.54) is 17.2 Å². The summed E-state index contributed by atoms with van der Waals surface area (Å²) in [5, 5.41) is 7.22. The summed E-state index contributed by atoms with van der Waals surface area (Å²) >= 11 is 0. The molecule has 0 unspecified atom stereocenters. The van der Waals surface area contributed by atoms with E-state index < -0.39 is 9.84 Å². The first-order chi connectivity index (χ1) is 13.8. The first kappa shape index (κ1) is 19.5. The molecule has 0 amide bonds. The third-order valence-electron chi connectivity index (χ3n) is 5.12. The molecule has 1 atom stereocenters. The second-order valence-electron chi connectivity index (χ2n) is 7.40. The highest BCUT2D eigenvalue weighted by Crippen LogP contribution is 2.26. The van der Waals surface area contributed by atoms with Gasteiger partial charge in [-0.3, -0.25) is 4.79 Å². The van der Waals surface area contributed by atoms with Crippen molar-refractivity contribution in [3.8, 4) is 11.3 Å². The number of nitrogens with zero attached hydrogens (tertiary/aromatic N) is 3. The van der Waals surface area contributed by atoms with E-state index in [1.807, 2.05) is 0 Å². The summed E-state index contributed by atoms with van der Waals surface area (Å²) in [5.41, 5.74) is 1.78. The van der Waals surface area contributed by atoms with Gasteiger partial charge in [-0.05, 0) is 37.6 Å². The highest BCUT2D eigenvalue weighted by molar-refractivity contribution is 7.90. The summed E-state index contributed by atoms with van der Waals surface area (Å²) in [6.45, 7) is 1.79. The number of nitrogens with one attached hydrogen (secondary N) is 2. The Kier molecular flexibility index (Phi) is 5.10. The number of benzene rings is 1. The van der Waals surface area contributed by atoms with Crippen molar-refractivity contribution in [3.05, 3.63) is 47.0 Å². The SMILES string of the molecule is Cn1cnc2cc(-c3ccc(S(C)(=O)=O)cc3)nc(N[C@@H]3CCCNC3)c2c1=O. The van der Waals surface area contributed by atoms with Gasteiger partial charge < -0.3 is 15.2 Å². The molecule has 29 heavy (non-hydrogen) atoms. The van der Waals surface area contributed by atoms with Crippen LogP contribution in [-0.4, -0.2) is 48.3 Å². The monoisotopic (exact) mass is 413 g/mol. The molecule has 152 valence electrons. The quantitative estimate of drug-likeness (QED) is 0.669. The molecule has 2 aromatic heterocycles. The number of anilines is 1. The number of hydrogen-bond acceptors (Lipinski definition) is 7. The Morgan fingerprint density at radius 2 is 2.00 bits per heavy atom. The van der Waals surface area contributed by atoms with E-state index in [2.05, 4.69) is 15.6 Å². The van der Waals surface area contributed by atoms with Crippen molar-refractivity contribution in [2.24, 2.45) is 7.05 Å². The summed E-state index contributed by atoms with van der Waals surface area (Å²) in [6.07, 6.45) is 4.71. The fourth-order valence-electron chi connectivity index (χ4n) is 3.52. The van der Waals surface area contributed by atoms with Gasteiger partial charge in [-0.25, -0.2) is 18.4 Å². The van der Waals surface area contributed by atoms with Crippen LogP contribution < -0.4 is 16.2 Å². The van der Waals surface area contributed by atoms with Crippen LogP contribution in [0.1, 0.15) is 12.8 Å². The molecule has 8 nitrogen and oxygen atoms in total. The molecule has 3 aromatic rings. The molecule has 0 spiro atoms. The van der Waals surface area contributed by atoms with Gasteiger partial charge in [0.05, 0.1) is 22.4 Å². The van der Waals surface area contributed by atoms with E-state index in [0.717, 1.165) is 31.5 Å². The summed E-state index contributed by atoms with van der Waals surface area (Å²) in [6, 6.07) is 8.50. The van der Waals surface area contributed by atoms with Crippen molar-refractivity contribution < 1.29 is 8.42 Å². The van der Waals surface area contributed by atoms with Gasteiger partial charge in [-0.15, -0.1) is 0 Å². The summed E-state index contributed by atoms with van der Waals surface area (Å²) in [5.74, 6) is 0.507. The van der Waals surface area contributed by atoms with Gasteiger partial charge >= 0.3 is 0 Å². The van der Waals surface area contributed by atoms with E-state index in [0.29, 0.717) is 22.4 Å². The second kappa shape index (κ2) is 7.57. The second-order valence-corrected chi connectivity index (χ2v) is 9.41. The van der Waals surface area contributed by atoms with Crippen LogP contribution in [0.5, 0.6) is 0 Å². The van der Waals surface area contributed by atoms with Crippen molar-refractivity contribution in [1.29, 1.82) is 0 Å². The fraction of sp³-hybridized carbons (Fsp3) is 0.350. The molecule has 1 saturated heterocycles. The van der Waals surface area contributed by atoms with Crippen LogP contribution in [0.2, 0.25) is 0 Å². The molecule has 3 heterocycles. The minimum Gasteiger partial charge on any atom is -0.365 e. The first-order valence-corrected chi connectivity index (χ1v) is 11.4. The number of sulfone groups is 1. The van der Waals surface area contributed by atoms with Crippen LogP contribution in [0.15, 0.2) is 46.3 Å². The third-order valence-corrected chi connectivity index (χ3v) is 6.25. The third kappa shape index (κ3) is 4.01. The molecule has 1 fully saturated rings. The maximum Gasteiger partial charge on any atom is 0.264 e. The topological polar surface area (TPSA) is 106 Å². The standard InChI is InChI=1S/C20H23N5O3S/c1-25-12-22-17-10-16(13-5-7-15(8-6-13)29(2,27)28)24-19(18(17)20(25)26)23-14-4-3-9-21-11-14/h5-8,10,12,14,21H,3-4,9,11H2,1-2H3,(H,23,24)/t14-/m1/s1. The average Bonchev–Trinajstić information content (AvgIpc) is 2.71. The Morgan fingerprint density at radius 1 is 1.24 bits per heavy atom. The Bertz CT molecular complexity index is 1210. The van der Waals surface area contributed by atoms with Gasteiger partial charge in [0.2, 0.25) is 0 Å². The van der Waals surface area contributed by atoms with E-state index in [9.17, 15) is 13.2 Å². The number of rotatable bonds is 4. The minimum absolute atomic E-state index is 0.159. The van der Waals surface area contributed by atoms with E-state index in [1.54, 1.807) is 37.4 Å². The van der Waals surface area contributed by atoms with Crippen molar-refractivity contribution in [3.63, 3.8) is 0 Å². The van der Waals surface area contributed by atoms with Crippen LogP contribution in [-0.2, 0) is 16.9 Å². The van der Waals surface area contributed by atoms with Crippen LogP contribution in [0.25, 0.3) is 22.2 Å². The van der Waals surface area contributed by atoms with Gasteiger partial charge in [0.1, 0.15) is 11.2 Å². The number of pyridine rings is 1. The zero-order chi connectivity index (χ0) is 20.6. The molecule has 1 aliphatic heterocycles. The van der Waals surface area contributed by atoms with Crippen LogP contribution in [0.4, 0.5) is 5.82 Å². The highest BCUT2D eigenvalue weighted by Gasteiger charge is 2.18. The van der Waals surface area contributed by atoms with Crippen LogP contribution in [0.3, 0.4) is 0 Å². The van der Waals surface area contributed by atoms with E-state index in [-0.39, 0.29) is 16.5 Å². The molecular weight excluding hydrogens is 390 g/mol. The molecule has 0 saturated carbocycles. The molecule has 1 aromatic carbocycles. The molecule has 0 radical (unpaired) electrons. The Balaban J connectivity index is 1.83. The summed E-state index contributed by atoms with van der Waals surface area (Å²) in [7, 11) is -1.61. The zero-order valence-electron chi connectivity index (χ0n) is 16.3. The van der Waals surface area contributed by atoms with Crippen molar-refractivity contribution in [2.45, 2.75) is 23.8 Å². The lowest BCUT2D eigenvalue weighted by atomic mass is 10.1. The first-order valence-electron chi connectivity index (χ1n) is 9.47. The lowest BCUT2D eigenvalue weighted by Gasteiger charge is -2.25. The molecule has 0 aliphatic carbocycles. The number of piperidine rings is 1. The minimum atomic E-state index is -3.27. The number of fused-ring (bicyclic) bond motifs is 1. The Labute approximate surface area is 168 Å².